The van der Waals surface area contributed by atoms with Crippen LogP contribution in [-0.2, 0) is 4.74 Å². The van der Waals surface area contributed by atoms with Gasteiger partial charge in [0.05, 0.1) is 36.0 Å². The number of carbonyl (C=O) groups is 1. The molecule has 4 rings (SSSR count). The average Bonchev–Trinajstić information content (AvgIpc) is 3.28. The second kappa shape index (κ2) is 8.51. The van der Waals surface area contributed by atoms with Crippen LogP contribution in [0.15, 0.2) is 53.0 Å². The quantitative estimate of drug-likeness (QED) is 0.590. The molecule has 1 aliphatic rings. The van der Waals surface area contributed by atoms with E-state index in [2.05, 4.69) is 21.2 Å². The van der Waals surface area contributed by atoms with E-state index in [-0.39, 0.29) is 18.1 Å². The minimum atomic E-state index is -0.123. The van der Waals surface area contributed by atoms with Gasteiger partial charge in [0, 0.05) is 22.0 Å². The minimum absolute atomic E-state index is 0.0550. The van der Waals surface area contributed by atoms with Crippen molar-refractivity contribution in [3.63, 3.8) is 0 Å². The first-order valence-electron chi connectivity index (χ1n) is 9.72. The molecular weight excluding hydrogens is 432 g/mol. The molecule has 29 heavy (non-hydrogen) atoms. The highest BCUT2D eigenvalue weighted by molar-refractivity contribution is 9.10. The zero-order valence-corrected chi connectivity index (χ0v) is 18.0. The van der Waals surface area contributed by atoms with Gasteiger partial charge in [0.15, 0.2) is 0 Å². The van der Waals surface area contributed by atoms with Gasteiger partial charge in [-0.25, -0.2) is 4.98 Å². The van der Waals surface area contributed by atoms with Crippen molar-refractivity contribution in [2.45, 2.75) is 31.9 Å². The molecule has 2 heterocycles. The molecule has 1 fully saturated rings. The molecule has 150 valence electrons. The Morgan fingerprint density at radius 1 is 1.28 bits per heavy atom. The number of hydrogen-bond acceptors (Lipinski definition) is 4. The first kappa shape index (κ1) is 19.9. The lowest BCUT2D eigenvalue weighted by Gasteiger charge is -2.20. The summed E-state index contributed by atoms with van der Waals surface area (Å²) in [6.07, 6.45) is 2.08. The van der Waals surface area contributed by atoms with E-state index in [1.807, 2.05) is 55.5 Å². The number of amides is 1. The summed E-state index contributed by atoms with van der Waals surface area (Å²) in [6, 6.07) is 15.3. The number of pyridine rings is 1. The highest BCUT2D eigenvalue weighted by Gasteiger charge is 2.25. The molecular formula is C23H23BrN2O3. The number of benzene rings is 2. The number of aromatic nitrogens is 1. The Bertz CT molecular complexity index is 1050. The summed E-state index contributed by atoms with van der Waals surface area (Å²) in [6.45, 7) is 2.76. The van der Waals surface area contributed by atoms with Gasteiger partial charge in [-0.05, 0) is 56.2 Å². The molecule has 0 radical (unpaired) electrons. The van der Waals surface area contributed by atoms with Gasteiger partial charge in [-0.15, -0.1) is 0 Å². The predicted molar refractivity (Wildman–Crippen MR) is 117 cm³/mol. The summed E-state index contributed by atoms with van der Waals surface area (Å²) in [7, 11) is 1.63. The van der Waals surface area contributed by atoms with Crippen molar-refractivity contribution in [2.75, 3.05) is 13.7 Å². The van der Waals surface area contributed by atoms with E-state index in [1.54, 1.807) is 7.11 Å². The van der Waals surface area contributed by atoms with Crippen molar-refractivity contribution in [1.29, 1.82) is 0 Å². The van der Waals surface area contributed by atoms with Crippen LogP contribution in [0.2, 0.25) is 0 Å². The van der Waals surface area contributed by atoms with E-state index in [1.165, 1.54) is 0 Å². The van der Waals surface area contributed by atoms with E-state index in [9.17, 15) is 4.79 Å². The topological polar surface area (TPSA) is 60.5 Å². The number of methoxy groups -OCH3 is 1. The Morgan fingerprint density at radius 2 is 2.14 bits per heavy atom. The van der Waals surface area contributed by atoms with Crippen LogP contribution in [0.4, 0.5) is 0 Å². The molecule has 0 saturated carbocycles. The summed E-state index contributed by atoms with van der Waals surface area (Å²) in [5.74, 6) is 0.626. The Morgan fingerprint density at radius 3 is 2.90 bits per heavy atom. The van der Waals surface area contributed by atoms with Crippen molar-refractivity contribution in [2.24, 2.45) is 0 Å². The summed E-state index contributed by atoms with van der Waals surface area (Å²) in [5, 5.41) is 3.93. The molecule has 1 N–H and O–H groups in total. The maximum Gasteiger partial charge on any atom is 0.252 e. The first-order chi connectivity index (χ1) is 14.0. The number of carbonyl (C=O) groups excluding carboxylic acids is 1. The zero-order valence-electron chi connectivity index (χ0n) is 16.4. The van der Waals surface area contributed by atoms with Gasteiger partial charge in [-0.2, -0.15) is 0 Å². The van der Waals surface area contributed by atoms with Gasteiger partial charge >= 0.3 is 0 Å². The number of nitrogens with one attached hydrogen (secondary N) is 1. The molecule has 0 bridgehead atoms. The summed E-state index contributed by atoms with van der Waals surface area (Å²) < 4.78 is 12.0. The van der Waals surface area contributed by atoms with Gasteiger partial charge in [0.1, 0.15) is 5.75 Å². The molecule has 6 heteroatoms. The lowest BCUT2D eigenvalue weighted by Crippen LogP contribution is -2.40. The molecule has 1 aliphatic heterocycles. The van der Waals surface area contributed by atoms with E-state index in [4.69, 9.17) is 14.5 Å². The van der Waals surface area contributed by atoms with Crippen LogP contribution in [0.1, 0.15) is 30.1 Å². The number of fused-ring (bicyclic) bond motifs is 1. The Labute approximate surface area is 178 Å². The molecule has 1 amide bonds. The van der Waals surface area contributed by atoms with Crippen LogP contribution in [-0.4, -0.2) is 36.8 Å². The number of halogens is 1. The second-order valence-electron chi connectivity index (χ2n) is 7.26. The third-order valence-electron chi connectivity index (χ3n) is 5.26. The smallest absolute Gasteiger partial charge is 0.252 e. The molecule has 2 aromatic carbocycles. The third kappa shape index (κ3) is 4.28. The maximum atomic E-state index is 13.2. The van der Waals surface area contributed by atoms with E-state index < -0.39 is 0 Å². The lowest BCUT2D eigenvalue weighted by molar-refractivity contribution is 0.0713. The predicted octanol–water partition coefficient (Wildman–Crippen LogP) is 4.97. The van der Waals surface area contributed by atoms with Crippen LogP contribution in [0.25, 0.3) is 22.2 Å². The van der Waals surface area contributed by atoms with E-state index in [0.29, 0.717) is 5.56 Å². The zero-order chi connectivity index (χ0) is 20.4. The second-order valence-corrected chi connectivity index (χ2v) is 8.18. The highest BCUT2D eigenvalue weighted by atomic mass is 79.9. The van der Waals surface area contributed by atoms with Crippen molar-refractivity contribution >= 4 is 32.7 Å². The Hall–Kier alpha value is -2.44. The first-order valence-corrected chi connectivity index (χ1v) is 10.5. The van der Waals surface area contributed by atoms with Gasteiger partial charge in [0.25, 0.3) is 5.91 Å². The summed E-state index contributed by atoms with van der Waals surface area (Å²) in [5.41, 5.74) is 2.99. The summed E-state index contributed by atoms with van der Waals surface area (Å²) in [4.78, 5) is 18.0. The summed E-state index contributed by atoms with van der Waals surface area (Å²) >= 11 is 3.51. The number of ether oxygens (including phenoxy) is 2. The number of rotatable bonds is 5. The van der Waals surface area contributed by atoms with Crippen molar-refractivity contribution in [3.8, 4) is 17.0 Å². The van der Waals surface area contributed by atoms with Crippen LogP contribution >= 0.6 is 15.9 Å². The van der Waals surface area contributed by atoms with Crippen LogP contribution in [0.5, 0.6) is 5.75 Å². The standard InChI is InChI=1S/C23H23BrN2O3/c1-14(22-7-4-10-29-22)25-23(27)19-13-21(15-5-3-6-17(11-15)28-2)26-20-9-8-16(24)12-18(19)20/h3,5-6,8-9,11-14,22H,4,7,10H2,1-2H3,(H,25,27)/t14-,22+/m1/s1. The average molecular weight is 455 g/mol. The fourth-order valence-electron chi connectivity index (χ4n) is 3.69. The molecule has 3 aromatic rings. The Balaban J connectivity index is 1.75. The normalized spacial score (nSPS) is 17.3. The molecule has 0 spiro atoms. The SMILES string of the molecule is COc1cccc(-c2cc(C(=O)N[C@H](C)[C@@H]3CCCO3)c3cc(Br)ccc3n2)c1. The fourth-order valence-corrected chi connectivity index (χ4v) is 4.05. The third-order valence-corrected chi connectivity index (χ3v) is 5.76. The molecule has 2 atom stereocenters. The van der Waals surface area contributed by atoms with Gasteiger partial charge in [-0.3, -0.25) is 4.79 Å². The van der Waals surface area contributed by atoms with Crippen molar-refractivity contribution < 1.29 is 14.3 Å². The van der Waals surface area contributed by atoms with Crippen molar-refractivity contribution in [3.05, 3.63) is 58.6 Å². The fraction of sp³-hybridized carbons (Fsp3) is 0.304. The van der Waals surface area contributed by atoms with Gasteiger partial charge in [-0.1, -0.05) is 28.1 Å². The molecule has 0 aliphatic carbocycles. The minimum Gasteiger partial charge on any atom is -0.497 e. The molecule has 0 unspecified atom stereocenters. The van der Waals surface area contributed by atoms with Crippen LogP contribution < -0.4 is 10.1 Å². The molecule has 1 aromatic heterocycles. The highest BCUT2D eigenvalue weighted by Crippen LogP contribution is 2.29. The monoisotopic (exact) mass is 454 g/mol. The van der Waals surface area contributed by atoms with E-state index >= 15 is 0 Å². The van der Waals surface area contributed by atoms with Gasteiger partial charge < -0.3 is 14.8 Å². The van der Waals surface area contributed by atoms with Crippen LogP contribution in [0, 0.1) is 0 Å². The number of hydrogen-bond donors (Lipinski definition) is 1. The van der Waals surface area contributed by atoms with E-state index in [0.717, 1.165) is 51.8 Å². The number of nitrogens with zero attached hydrogens (tertiary/aromatic N) is 1. The molecule has 1 saturated heterocycles. The largest absolute Gasteiger partial charge is 0.497 e. The molecule has 5 nitrogen and oxygen atoms in total. The van der Waals surface area contributed by atoms with Gasteiger partial charge in [0.2, 0.25) is 0 Å². The van der Waals surface area contributed by atoms with Crippen LogP contribution in [0.3, 0.4) is 0 Å². The maximum absolute atomic E-state index is 13.2. The Kier molecular flexibility index (Phi) is 5.83. The lowest BCUT2D eigenvalue weighted by atomic mass is 10.0. The van der Waals surface area contributed by atoms with Crippen molar-refractivity contribution in [1.82, 2.24) is 10.3 Å².